The Bertz CT molecular complexity index is 360. The van der Waals surface area contributed by atoms with E-state index in [9.17, 15) is 0 Å². The number of hydrogen-bond donors (Lipinski definition) is 1. The molecule has 100 valence electrons. The Labute approximate surface area is 118 Å². The van der Waals surface area contributed by atoms with E-state index in [1.165, 1.54) is 32.4 Å². The van der Waals surface area contributed by atoms with Gasteiger partial charge in [-0.1, -0.05) is 18.0 Å². The first-order valence-corrected chi connectivity index (χ1v) is 7.16. The summed E-state index contributed by atoms with van der Waals surface area (Å²) in [6.45, 7) is 4.50. The zero-order chi connectivity index (χ0) is 12.8. The van der Waals surface area contributed by atoms with Crippen LogP contribution in [0.4, 0.5) is 5.82 Å². The highest BCUT2D eigenvalue weighted by Gasteiger charge is 2.09. The van der Waals surface area contributed by atoms with Crippen molar-refractivity contribution in [2.24, 2.45) is 0 Å². The fraction of sp³-hybridized carbons (Fsp3) is 0.667. The number of nitrogens with one attached hydrogen (secondary N) is 1. The Hall–Kier alpha value is -0.580. The van der Waals surface area contributed by atoms with Crippen LogP contribution in [0.3, 0.4) is 0 Å². The second-order valence-electron chi connectivity index (χ2n) is 4.53. The smallest absolute Gasteiger partial charge is 0.225 e. The minimum atomic E-state index is 0.182. The molecule has 2 heterocycles. The topological polar surface area (TPSA) is 41.0 Å². The normalized spacial score (nSPS) is 16.8. The van der Waals surface area contributed by atoms with Crippen molar-refractivity contribution >= 4 is 29.0 Å². The Morgan fingerprint density at radius 1 is 1.17 bits per heavy atom. The standard InChI is InChI=1S/C12H18Cl2N4/c13-10-9-11(17-12(14)16-10)15-5-4-8-18-6-2-1-3-7-18/h9H,1-8H2,(H,15,16,17). The van der Waals surface area contributed by atoms with Crippen molar-refractivity contribution in [1.82, 2.24) is 14.9 Å². The summed E-state index contributed by atoms with van der Waals surface area (Å²) in [6, 6.07) is 1.69. The third kappa shape index (κ3) is 4.59. The predicted molar refractivity (Wildman–Crippen MR) is 75.4 cm³/mol. The number of rotatable bonds is 5. The van der Waals surface area contributed by atoms with E-state index < -0.39 is 0 Å². The zero-order valence-electron chi connectivity index (χ0n) is 10.3. The highest BCUT2D eigenvalue weighted by Crippen LogP contribution is 2.14. The molecule has 6 heteroatoms. The van der Waals surface area contributed by atoms with Crippen molar-refractivity contribution in [1.29, 1.82) is 0 Å². The molecule has 0 unspecified atom stereocenters. The van der Waals surface area contributed by atoms with Gasteiger partial charge in [0, 0.05) is 12.6 Å². The van der Waals surface area contributed by atoms with Crippen LogP contribution in [-0.2, 0) is 0 Å². The summed E-state index contributed by atoms with van der Waals surface area (Å²) in [6.07, 6.45) is 5.15. The lowest BCUT2D eigenvalue weighted by atomic mass is 10.1. The second-order valence-corrected chi connectivity index (χ2v) is 5.25. The van der Waals surface area contributed by atoms with Gasteiger partial charge in [0.1, 0.15) is 11.0 Å². The van der Waals surface area contributed by atoms with Crippen molar-refractivity contribution in [2.45, 2.75) is 25.7 Å². The first kappa shape index (κ1) is 13.8. The van der Waals surface area contributed by atoms with Crippen LogP contribution in [0.25, 0.3) is 0 Å². The highest BCUT2D eigenvalue weighted by molar-refractivity contribution is 6.32. The number of nitrogens with zero attached hydrogens (tertiary/aromatic N) is 3. The van der Waals surface area contributed by atoms with Crippen LogP contribution in [0.2, 0.25) is 10.4 Å². The van der Waals surface area contributed by atoms with E-state index in [0.29, 0.717) is 11.0 Å². The molecular formula is C12H18Cl2N4. The Morgan fingerprint density at radius 3 is 2.67 bits per heavy atom. The summed E-state index contributed by atoms with van der Waals surface area (Å²) >= 11 is 11.5. The van der Waals surface area contributed by atoms with E-state index in [0.717, 1.165) is 19.5 Å². The van der Waals surface area contributed by atoms with E-state index in [-0.39, 0.29) is 5.28 Å². The molecule has 1 aromatic rings. The monoisotopic (exact) mass is 288 g/mol. The molecule has 1 fully saturated rings. The maximum atomic E-state index is 5.80. The molecule has 0 bridgehead atoms. The quantitative estimate of drug-likeness (QED) is 0.514. The molecule has 0 amide bonds. The number of hydrogen-bond acceptors (Lipinski definition) is 4. The van der Waals surface area contributed by atoms with Crippen molar-refractivity contribution < 1.29 is 0 Å². The molecule has 0 aromatic carbocycles. The Kier molecular flexibility index (Phi) is 5.47. The molecule has 1 saturated heterocycles. The zero-order valence-corrected chi connectivity index (χ0v) is 11.8. The van der Waals surface area contributed by atoms with Crippen LogP contribution in [0.1, 0.15) is 25.7 Å². The van der Waals surface area contributed by atoms with Gasteiger partial charge < -0.3 is 10.2 Å². The minimum Gasteiger partial charge on any atom is -0.370 e. The molecule has 4 nitrogen and oxygen atoms in total. The summed E-state index contributed by atoms with van der Waals surface area (Å²) in [4.78, 5) is 10.4. The van der Waals surface area contributed by atoms with Gasteiger partial charge in [0.05, 0.1) is 0 Å². The van der Waals surface area contributed by atoms with Crippen LogP contribution < -0.4 is 5.32 Å². The highest BCUT2D eigenvalue weighted by atomic mass is 35.5. The van der Waals surface area contributed by atoms with Gasteiger partial charge in [-0.3, -0.25) is 0 Å². The number of likely N-dealkylation sites (tertiary alicyclic amines) is 1. The van der Waals surface area contributed by atoms with E-state index in [2.05, 4.69) is 20.2 Å². The third-order valence-corrected chi connectivity index (χ3v) is 3.44. The Morgan fingerprint density at radius 2 is 1.94 bits per heavy atom. The van der Waals surface area contributed by atoms with Crippen molar-refractivity contribution in [3.05, 3.63) is 16.5 Å². The summed E-state index contributed by atoms with van der Waals surface area (Å²) < 4.78 is 0. The SMILES string of the molecule is Clc1cc(NCCCN2CCCCC2)nc(Cl)n1. The molecule has 2 rings (SSSR count). The summed E-state index contributed by atoms with van der Waals surface area (Å²) in [5.41, 5.74) is 0. The number of anilines is 1. The maximum absolute atomic E-state index is 5.80. The lowest BCUT2D eigenvalue weighted by Gasteiger charge is -2.26. The van der Waals surface area contributed by atoms with Gasteiger partial charge in [-0.05, 0) is 50.5 Å². The number of aromatic nitrogens is 2. The minimum absolute atomic E-state index is 0.182. The van der Waals surface area contributed by atoms with Crippen molar-refractivity contribution in [2.75, 3.05) is 31.5 Å². The van der Waals surface area contributed by atoms with Gasteiger partial charge in [0.2, 0.25) is 5.28 Å². The molecular weight excluding hydrogens is 271 g/mol. The molecule has 1 aromatic heterocycles. The molecule has 0 spiro atoms. The summed E-state index contributed by atoms with van der Waals surface area (Å²) in [5, 5.41) is 3.77. The first-order chi connectivity index (χ1) is 8.74. The molecule has 0 saturated carbocycles. The maximum Gasteiger partial charge on any atom is 0.225 e. The lowest BCUT2D eigenvalue weighted by molar-refractivity contribution is 0.228. The lowest BCUT2D eigenvalue weighted by Crippen LogP contribution is -2.31. The van der Waals surface area contributed by atoms with E-state index in [1.54, 1.807) is 6.07 Å². The van der Waals surface area contributed by atoms with Crippen LogP contribution in [0, 0.1) is 0 Å². The fourth-order valence-electron chi connectivity index (χ4n) is 2.18. The van der Waals surface area contributed by atoms with Crippen molar-refractivity contribution in [3.8, 4) is 0 Å². The van der Waals surface area contributed by atoms with Crippen LogP contribution in [0.15, 0.2) is 6.07 Å². The van der Waals surface area contributed by atoms with Gasteiger partial charge in [0.15, 0.2) is 0 Å². The van der Waals surface area contributed by atoms with Gasteiger partial charge in [0.25, 0.3) is 0 Å². The molecule has 18 heavy (non-hydrogen) atoms. The van der Waals surface area contributed by atoms with Crippen LogP contribution >= 0.6 is 23.2 Å². The summed E-state index contributed by atoms with van der Waals surface area (Å²) in [7, 11) is 0. The molecule has 0 aliphatic carbocycles. The molecule has 0 radical (unpaired) electrons. The van der Waals surface area contributed by atoms with E-state index in [4.69, 9.17) is 23.2 Å². The molecule has 1 aliphatic rings. The van der Waals surface area contributed by atoms with Gasteiger partial charge >= 0.3 is 0 Å². The fourth-order valence-corrected chi connectivity index (χ4v) is 2.59. The second kappa shape index (κ2) is 7.12. The first-order valence-electron chi connectivity index (χ1n) is 6.40. The van der Waals surface area contributed by atoms with E-state index >= 15 is 0 Å². The van der Waals surface area contributed by atoms with E-state index in [1.807, 2.05) is 0 Å². The molecule has 1 N–H and O–H groups in total. The number of halogens is 2. The summed E-state index contributed by atoms with van der Waals surface area (Å²) in [5.74, 6) is 0.693. The van der Waals surface area contributed by atoms with Gasteiger partial charge in [-0.2, -0.15) is 0 Å². The average molecular weight is 289 g/mol. The average Bonchev–Trinajstić information content (AvgIpc) is 2.35. The predicted octanol–water partition coefficient (Wildman–Crippen LogP) is 3.07. The van der Waals surface area contributed by atoms with Crippen LogP contribution in [-0.4, -0.2) is 41.0 Å². The van der Waals surface area contributed by atoms with Crippen molar-refractivity contribution in [3.63, 3.8) is 0 Å². The number of piperidine rings is 1. The molecule has 0 atom stereocenters. The van der Waals surface area contributed by atoms with Crippen LogP contribution in [0.5, 0.6) is 0 Å². The largest absolute Gasteiger partial charge is 0.370 e. The molecule has 1 aliphatic heterocycles. The Balaban J connectivity index is 1.68. The third-order valence-electron chi connectivity index (χ3n) is 3.07. The van der Waals surface area contributed by atoms with Gasteiger partial charge in [-0.25, -0.2) is 9.97 Å². The van der Waals surface area contributed by atoms with Gasteiger partial charge in [-0.15, -0.1) is 0 Å².